The van der Waals surface area contributed by atoms with Crippen LogP contribution in [0.25, 0.3) is 0 Å². The van der Waals surface area contributed by atoms with Gasteiger partial charge in [0.1, 0.15) is 18.2 Å². The lowest BCUT2D eigenvalue weighted by Crippen LogP contribution is -2.30. The highest BCUT2D eigenvalue weighted by Gasteiger charge is 2.32. The lowest BCUT2D eigenvalue weighted by Gasteiger charge is -2.20. The number of nitrogens with one attached hydrogen (secondary N) is 3. The molecule has 2 aromatic heterocycles. The van der Waals surface area contributed by atoms with Gasteiger partial charge in [0.25, 0.3) is 5.91 Å². The van der Waals surface area contributed by atoms with E-state index >= 15 is 0 Å². The Hall–Kier alpha value is -3.93. The molecular weight excluding hydrogens is 487 g/mol. The first-order valence-electron chi connectivity index (χ1n) is 11.8. The SMILES string of the molecule is CNc1nccc(CNc2ncccc2C(=O)Nc2cc(OCC3CCCN3C)cc(C(F)(F)F)c2)n1. The molecule has 4 rings (SSSR count). The van der Waals surface area contributed by atoms with E-state index in [1.807, 2.05) is 7.05 Å². The Bertz CT molecular complexity index is 1240. The van der Waals surface area contributed by atoms with Crippen LogP contribution in [0.3, 0.4) is 0 Å². The number of halogens is 3. The number of anilines is 3. The molecule has 12 heteroatoms. The maximum Gasteiger partial charge on any atom is 0.416 e. The Balaban J connectivity index is 1.50. The van der Waals surface area contributed by atoms with Crippen LogP contribution in [-0.2, 0) is 12.7 Å². The van der Waals surface area contributed by atoms with Gasteiger partial charge in [-0.15, -0.1) is 0 Å². The van der Waals surface area contributed by atoms with Crippen LogP contribution in [0.5, 0.6) is 5.75 Å². The summed E-state index contributed by atoms with van der Waals surface area (Å²) in [6.07, 6.45) is 0.437. The maximum absolute atomic E-state index is 13.6. The van der Waals surface area contributed by atoms with E-state index in [9.17, 15) is 18.0 Å². The van der Waals surface area contributed by atoms with Crippen molar-refractivity contribution in [3.63, 3.8) is 0 Å². The molecule has 37 heavy (non-hydrogen) atoms. The van der Waals surface area contributed by atoms with Gasteiger partial charge in [-0.05, 0) is 56.8 Å². The monoisotopic (exact) mass is 515 g/mol. The lowest BCUT2D eigenvalue weighted by atomic mass is 10.1. The molecule has 1 fully saturated rings. The molecule has 0 aliphatic carbocycles. The smallest absolute Gasteiger partial charge is 0.416 e. The molecule has 1 amide bonds. The zero-order chi connectivity index (χ0) is 26.4. The molecule has 3 heterocycles. The van der Waals surface area contributed by atoms with Crippen molar-refractivity contribution in [1.29, 1.82) is 0 Å². The Morgan fingerprint density at radius 1 is 1.19 bits per heavy atom. The topological polar surface area (TPSA) is 104 Å². The molecular formula is C25H28F3N7O2. The highest BCUT2D eigenvalue weighted by atomic mass is 19.4. The van der Waals surface area contributed by atoms with E-state index in [1.54, 1.807) is 25.4 Å². The fourth-order valence-electron chi connectivity index (χ4n) is 4.02. The number of likely N-dealkylation sites (N-methyl/N-ethyl adjacent to an activating group) is 1. The summed E-state index contributed by atoms with van der Waals surface area (Å²) in [6, 6.07) is 8.18. The van der Waals surface area contributed by atoms with Gasteiger partial charge in [-0.3, -0.25) is 4.79 Å². The number of hydrogen-bond donors (Lipinski definition) is 3. The fraction of sp³-hybridized carbons (Fsp3) is 0.360. The van der Waals surface area contributed by atoms with Gasteiger partial charge in [0.2, 0.25) is 5.95 Å². The first-order chi connectivity index (χ1) is 17.7. The number of aromatic nitrogens is 3. The first kappa shape index (κ1) is 26.1. The average molecular weight is 516 g/mol. The van der Waals surface area contributed by atoms with Crippen LogP contribution < -0.4 is 20.7 Å². The van der Waals surface area contributed by atoms with Crippen LogP contribution in [0.15, 0.2) is 48.8 Å². The highest BCUT2D eigenvalue weighted by Crippen LogP contribution is 2.34. The zero-order valence-corrected chi connectivity index (χ0v) is 20.5. The van der Waals surface area contributed by atoms with Gasteiger partial charge in [-0.2, -0.15) is 13.2 Å². The molecule has 1 unspecified atom stereocenters. The summed E-state index contributed by atoms with van der Waals surface area (Å²) in [6.45, 7) is 1.44. The maximum atomic E-state index is 13.6. The number of nitrogens with zero attached hydrogens (tertiary/aromatic N) is 4. The van der Waals surface area contributed by atoms with E-state index in [2.05, 4.69) is 35.8 Å². The summed E-state index contributed by atoms with van der Waals surface area (Å²) in [4.78, 5) is 27.8. The molecule has 3 N–H and O–H groups in total. The van der Waals surface area contributed by atoms with Gasteiger partial charge in [0, 0.05) is 37.2 Å². The van der Waals surface area contributed by atoms with E-state index < -0.39 is 17.6 Å². The van der Waals surface area contributed by atoms with Crippen molar-refractivity contribution in [2.45, 2.75) is 31.6 Å². The normalized spacial score (nSPS) is 15.9. The van der Waals surface area contributed by atoms with E-state index in [4.69, 9.17) is 4.74 Å². The number of carbonyl (C=O) groups is 1. The molecule has 0 saturated carbocycles. The minimum absolute atomic E-state index is 0.0288. The molecule has 0 spiro atoms. The molecule has 1 aliphatic rings. The molecule has 0 bridgehead atoms. The third kappa shape index (κ3) is 6.85. The van der Waals surface area contributed by atoms with Crippen LogP contribution in [0.4, 0.5) is 30.6 Å². The summed E-state index contributed by atoms with van der Waals surface area (Å²) < 4.78 is 46.5. The number of likely N-dealkylation sites (tertiary alicyclic amines) is 1. The van der Waals surface area contributed by atoms with E-state index in [0.29, 0.717) is 11.6 Å². The standard InChI is InChI=1S/C25H28F3N7O2/c1-29-24-31-9-7-17(34-24)14-32-22-21(6-3-8-30-22)23(36)33-18-11-16(25(26,27)28)12-20(13-18)37-15-19-5-4-10-35(19)2/h3,6-9,11-13,19H,4-5,10,14-15H2,1-2H3,(H,30,32)(H,33,36)(H,29,31,34). The molecule has 1 atom stereocenters. The van der Waals surface area contributed by atoms with Crippen molar-refractivity contribution in [2.75, 3.05) is 43.2 Å². The van der Waals surface area contributed by atoms with Gasteiger partial charge in [-0.1, -0.05) is 0 Å². The molecule has 0 radical (unpaired) electrons. The number of pyridine rings is 1. The van der Waals surface area contributed by atoms with Crippen molar-refractivity contribution in [3.8, 4) is 5.75 Å². The van der Waals surface area contributed by atoms with Crippen molar-refractivity contribution in [2.24, 2.45) is 0 Å². The van der Waals surface area contributed by atoms with Crippen LogP contribution >= 0.6 is 0 Å². The molecule has 1 aliphatic heterocycles. The minimum atomic E-state index is -4.60. The molecule has 1 aromatic carbocycles. The largest absolute Gasteiger partial charge is 0.492 e. The number of carbonyl (C=O) groups excluding carboxylic acids is 1. The first-order valence-corrected chi connectivity index (χ1v) is 11.8. The van der Waals surface area contributed by atoms with Crippen LogP contribution in [0.1, 0.15) is 34.5 Å². The summed E-state index contributed by atoms with van der Waals surface area (Å²) in [5.41, 5.74) is -0.116. The van der Waals surface area contributed by atoms with Crippen LogP contribution in [0.2, 0.25) is 0 Å². The van der Waals surface area contributed by atoms with Gasteiger partial charge in [-0.25, -0.2) is 15.0 Å². The summed E-state index contributed by atoms with van der Waals surface area (Å²) in [7, 11) is 3.66. The second-order valence-corrected chi connectivity index (χ2v) is 8.66. The number of hydrogen-bond acceptors (Lipinski definition) is 8. The molecule has 1 saturated heterocycles. The van der Waals surface area contributed by atoms with Gasteiger partial charge < -0.3 is 25.6 Å². The Kier molecular flexibility index (Phi) is 8.07. The Labute approximate surface area is 212 Å². The quantitative estimate of drug-likeness (QED) is 0.388. The predicted octanol–water partition coefficient (Wildman–Crippen LogP) is 4.27. The minimum Gasteiger partial charge on any atom is -0.492 e. The molecule has 196 valence electrons. The second-order valence-electron chi connectivity index (χ2n) is 8.66. The molecule has 9 nitrogen and oxygen atoms in total. The Morgan fingerprint density at radius 3 is 2.76 bits per heavy atom. The Morgan fingerprint density at radius 2 is 2.03 bits per heavy atom. The predicted molar refractivity (Wildman–Crippen MR) is 134 cm³/mol. The van der Waals surface area contributed by atoms with Crippen molar-refractivity contribution < 1.29 is 22.7 Å². The van der Waals surface area contributed by atoms with Gasteiger partial charge in [0.05, 0.1) is 23.4 Å². The average Bonchev–Trinajstić information content (AvgIpc) is 3.30. The number of rotatable bonds is 9. The van der Waals surface area contributed by atoms with Crippen molar-refractivity contribution in [3.05, 3.63) is 65.6 Å². The summed E-state index contributed by atoms with van der Waals surface area (Å²) in [5, 5.41) is 8.46. The zero-order valence-electron chi connectivity index (χ0n) is 20.5. The van der Waals surface area contributed by atoms with Crippen LogP contribution in [0, 0.1) is 0 Å². The number of alkyl halides is 3. The number of amides is 1. The summed E-state index contributed by atoms with van der Waals surface area (Å²) in [5.74, 6) is 0.131. The van der Waals surface area contributed by atoms with Crippen molar-refractivity contribution in [1.82, 2.24) is 19.9 Å². The third-order valence-electron chi connectivity index (χ3n) is 6.03. The fourth-order valence-corrected chi connectivity index (χ4v) is 4.02. The van der Waals surface area contributed by atoms with E-state index in [1.165, 1.54) is 18.3 Å². The van der Waals surface area contributed by atoms with E-state index in [-0.39, 0.29) is 42.0 Å². The van der Waals surface area contributed by atoms with Gasteiger partial charge >= 0.3 is 6.18 Å². The van der Waals surface area contributed by atoms with E-state index in [0.717, 1.165) is 31.5 Å². The highest BCUT2D eigenvalue weighted by molar-refractivity contribution is 6.07. The number of benzene rings is 1. The third-order valence-corrected chi connectivity index (χ3v) is 6.03. The second kappa shape index (κ2) is 11.4. The van der Waals surface area contributed by atoms with Crippen LogP contribution in [-0.4, -0.2) is 59.0 Å². The molecule has 3 aromatic rings. The number of ether oxygens (including phenoxy) is 1. The lowest BCUT2D eigenvalue weighted by molar-refractivity contribution is -0.137. The summed E-state index contributed by atoms with van der Waals surface area (Å²) >= 11 is 0. The van der Waals surface area contributed by atoms with Crippen molar-refractivity contribution >= 4 is 23.4 Å². The van der Waals surface area contributed by atoms with Gasteiger partial charge in [0.15, 0.2) is 0 Å².